The summed E-state index contributed by atoms with van der Waals surface area (Å²) in [6.07, 6.45) is 0.250. The molecule has 4 rings (SSSR count). The second kappa shape index (κ2) is 6.87. The van der Waals surface area contributed by atoms with Gasteiger partial charge in [-0.1, -0.05) is 47.2 Å². The molecule has 0 aliphatic carbocycles. The van der Waals surface area contributed by atoms with Crippen molar-refractivity contribution in [3.8, 4) is 5.75 Å². The van der Waals surface area contributed by atoms with E-state index < -0.39 is 0 Å². The molecule has 27 heavy (non-hydrogen) atoms. The first-order valence-corrected chi connectivity index (χ1v) is 9.62. The van der Waals surface area contributed by atoms with Gasteiger partial charge in [0.25, 0.3) is 0 Å². The lowest BCUT2D eigenvalue weighted by molar-refractivity contribution is -0.118. The summed E-state index contributed by atoms with van der Waals surface area (Å²) in [4.78, 5) is 28.0. The lowest BCUT2D eigenvalue weighted by Gasteiger charge is -2.32. The fourth-order valence-corrected chi connectivity index (χ4v) is 4.78. The molecule has 1 atom stereocenters. The third-order valence-corrected chi connectivity index (χ3v) is 6.12. The van der Waals surface area contributed by atoms with Crippen LogP contribution in [0, 0.1) is 0 Å². The maximum absolute atomic E-state index is 13.1. The van der Waals surface area contributed by atoms with E-state index in [1.165, 1.54) is 15.9 Å². The molecule has 0 bridgehead atoms. The second-order valence-electron chi connectivity index (χ2n) is 6.32. The Balaban J connectivity index is 1.93. The number of fused-ring (bicyclic) bond motifs is 1. The van der Waals surface area contributed by atoms with Crippen LogP contribution in [0.1, 0.15) is 22.8 Å². The van der Waals surface area contributed by atoms with Crippen LogP contribution in [0.5, 0.6) is 5.75 Å². The fraction of sp³-hybridized carbons (Fsp3) is 0.200. The Labute approximate surface area is 165 Å². The molecular weight excluding hydrogens is 384 g/mol. The minimum absolute atomic E-state index is 0.0888. The van der Waals surface area contributed by atoms with E-state index in [4.69, 9.17) is 16.3 Å². The summed E-state index contributed by atoms with van der Waals surface area (Å²) in [6, 6.07) is 14.7. The average Bonchev–Trinajstić information content (AvgIpc) is 2.96. The summed E-state index contributed by atoms with van der Waals surface area (Å²) >= 11 is 7.30. The standard InChI is InChI=1S/C20H17ClN2O3S/c1-22-19-18(27-20(22)25)15(14-8-3-4-9-16(14)26-2)11-17(24)23(19)13-7-5-6-12(21)10-13/h3-10,15H,11H2,1-2H3/t15-/m0/s1. The van der Waals surface area contributed by atoms with Gasteiger partial charge in [0.1, 0.15) is 11.6 Å². The number of nitrogens with zero attached hydrogens (tertiary/aromatic N) is 2. The van der Waals surface area contributed by atoms with Crippen molar-refractivity contribution in [3.63, 3.8) is 0 Å². The minimum atomic E-state index is -0.224. The van der Waals surface area contributed by atoms with E-state index in [1.54, 1.807) is 37.3 Å². The van der Waals surface area contributed by atoms with Crippen LogP contribution < -0.4 is 14.5 Å². The molecule has 138 valence electrons. The van der Waals surface area contributed by atoms with E-state index in [0.717, 1.165) is 10.4 Å². The van der Waals surface area contributed by atoms with Gasteiger partial charge in [0.2, 0.25) is 5.91 Å². The van der Waals surface area contributed by atoms with Crippen molar-refractivity contribution in [3.05, 3.63) is 73.7 Å². The Morgan fingerprint density at radius 2 is 1.93 bits per heavy atom. The van der Waals surface area contributed by atoms with Crippen LogP contribution in [-0.2, 0) is 11.8 Å². The number of anilines is 2. The molecule has 0 fully saturated rings. The van der Waals surface area contributed by atoms with Crippen molar-refractivity contribution < 1.29 is 9.53 Å². The summed E-state index contributed by atoms with van der Waals surface area (Å²) in [5.74, 6) is 0.993. The van der Waals surface area contributed by atoms with Gasteiger partial charge < -0.3 is 4.74 Å². The molecule has 7 heteroatoms. The summed E-state index contributed by atoms with van der Waals surface area (Å²) in [7, 11) is 3.29. The number of halogens is 1. The predicted molar refractivity (Wildman–Crippen MR) is 108 cm³/mol. The molecule has 0 unspecified atom stereocenters. The third kappa shape index (κ3) is 2.95. The van der Waals surface area contributed by atoms with E-state index >= 15 is 0 Å². The zero-order chi connectivity index (χ0) is 19.1. The second-order valence-corrected chi connectivity index (χ2v) is 7.75. The highest BCUT2D eigenvalue weighted by Crippen LogP contribution is 2.46. The topological polar surface area (TPSA) is 51.5 Å². The number of aromatic nitrogens is 1. The van der Waals surface area contributed by atoms with Crippen molar-refractivity contribution in [2.45, 2.75) is 12.3 Å². The Kier molecular flexibility index (Phi) is 4.53. The lowest BCUT2D eigenvalue weighted by Crippen LogP contribution is -2.34. The highest BCUT2D eigenvalue weighted by atomic mass is 35.5. The summed E-state index contributed by atoms with van der Waals surface area (Å²) < 4.78 is 7.02. The van der Waals surface area contributed by atoms with Crippen LogP contribution in [0.4, 0.5) is 11.5 Å². The van der Waals surface area contributed by atoms with Crippen molar-refractivity contribution in [1.29, 1.82) is 0 Å². The van der Waals surface area contributed by atoms with E-state index in [-0.39, 0.29) is 23.1 Å². The molecule has 1 aromatic heterocycles. The van der Waals surface area contributed by atoms with Crippen molar-refractivity contribution in [2.24, 2.45) is 7.05 Å². The number of carbonyl (C=O) groups excluding carboxylic acids is 1. The van der Waals surface area contributed by atoms with Crippen LogP contribution in [0.25, 0.3) is 0 Å². The molecule has 1 aliphatic rings. The lowest BCUT2D eigenvalue weighted by atomic mass is 9.89. The molecule has 1 amide bonds. The van der Waals surface area contributed by atoms with Gasteiger partial charge in [0.15, 0.2) is 0 Å². The molecule has 0 spiro atoms. The van der Waals surface area contributed by atoms with Crippen molar-refractivity contribution >= 4 is 40.4 Å². The number of methoxy groups -OCH3 is 1. The monoisotopic (exact) mass is 400 g/mol. The van der Waals surface area contributed by atoms with Gasteiger partial charge >= 0.3 is 4.87 Å². The predicted octanol–water partition coefficient (Wildman–Crippen LogP) is 4.31. The zero-order valence-electron chi connectivity index (χ0n) is 14.8. The van der Waals surface area contributed by atoms with Gasteiger partial charge in [-0.15, -0.1) is 0 Å². The molecule has 1 aliphatic heterocycles. The highest BCUT2D eigenvalue weighted by Gasteiger charge is 2.38. The van der Waals surface area contributed by atoms with Crippen LogP contribution in [0.3, 0.4) is 0 Å². The molecular formula is C20H17ClN2O3S. The first-order valence-electron chi connectivity index (χ1n) is 8.42. The summed E-state index contributed by atoms with van der Waals surface area (Å²) in [5, 5.41) is 0.536. The minimum Gasteiger partial charge on any atom is -0.496 e. The molecule has 0 saturated heterocycles. The van der Waals surface area contributed by atoms with Crippen LogP contribution in [-0.4, -0.2) is 17.6 Å². The van der Waals surface area contributed by atoms with E-state index in [1.807, 2.05) is 30.3 Å². The average molecular weight is 401 g/mol. The molecule has 2 heterocycles. The largest absolute Gasteiger partial charge is 0.496 e. The molecule has 0 radical (unpaired) electrons. The SMILES string of the molecule is COc1ccccc1[C@@H]1CC(=O)N(c2cccc(Cl)c2)c2c1sc(=O)n2C. The zero-order valence-corrected chi connectivity index (χ0v) is 16.4. The normalized spacial score (nSPS) is 16.3. The van der Waals surface area contributed by atoms with Gasteiger partial charge in [0, 0.05) is 30.0 Å². The number of rotatable bonds is 3. The summed E-state index contributed by atoms with van der Waals surface area (Å²) in [6.45, 7) is 0. The van der Waals surface area contributed by atoms with Gasteiger partial charge in [-0.3, -0.25) is 19.1 Å². The summed E-state index contributed by atoms with van der Waals surface area (Å²) in [5.41, 5.74) is 1.56. The first kappa shape index (κ1) is 17.8. The molecule has 0 N–H and O–H groups in total. The number of hydrogen-bond donors (Lipinski definition) is 0. The van der Waals surface area contributed by atoms with Gasteiger partial charge in [-0.25, -0.2) is 0 Å². The number of amides is 1. The first-order chi connectivity index (χ1) is 13.0. The maximum Gasteiger partial charge on any atom is 0.308 e. The molecule has 3 aromatic rings. The number of benzene rings is 2. The van der Waals surface area contributed by atoms with Crippen LogP contribution in [0.15, 0.2) is 53.3 Å². The van der Waals surface area contributed by atoms with E-state index in [2.05, 4.69) is 0 Å². The number of para-hydroxylation sites is 1. The van der Waals surface area contributed by atoms with Gasteiger partial charge in [-0.05, 0) is 24.3 Å². The van der Waals surface area contributed by atoms with E-state index in [0.29, 0.717) is 22.3 Å². The smallest absolute Gasteiger partial charge is 0.308 e. The highest BCUT2D eigenvalue weighted by molar-refractivity contribution is 7.10. The van der Waals surface area contributed by atoms with Gasteiger partial charge in [-0.2, -0.15) is 0 Å². The number of ether oxygens (including phenoxy) is 1. The maximum atomic E-state index is 13.1. The van der Waals surface area contributed by atoms with E-state index in [9.17, 15) is 9.59 Å². The Morgan fingerprint density at radius 1 is 1.15 bits per heavy atom. The number of thiazole rings is 1. The Morgan fingerprint density at radius 3 is 2.67 bits per heavy atom. The third-order valence-electron chi connectivity index (χ3n) is 4.75. The molecule has 5 nitrogen and oxygen atoms in total. The Bertz CT molecular complexity index is 1090. The molecule has 0 saturated carbocycles. The van der Waals surface area contributed by atoms with Crippen LogP contribution in [0.2, 0.25) is 5.02 Å². The Hall–Kier alpha value is -2.57. The van der Waals surface area contributed by atoms with Gasteiger partial charge in [0.05, 0.1) is 17.7 Å². The quantitative estimate of drug-likeness (QED) is 0.658. The van der Waals surface area contributed by atoms with Crippen LogP contribution >= 0.6 is 22.9 Å². The fourth-order valence-electron chi connectivity index (χ4n) is 3.51. The number of carbonyl (C=O) groups is 1. The van der Waals surface area contributed by atoms with Crippen molar-refractivity contribution in [2.75, 3.05) is 12.0 Å². The van der Waals surface area contributed by atoms with Crippen molar-refractivity contribution in [1.82, 2.24) is 4.57 Å². The molecule has 2 aromatic carbocycles. The number of hydrogen-bond acceptors (Lipinski definition) is 4.